The Morgan fingerprint density at radius 2 is 2.18 bits per heavy atom. The average Bonchev–Trinajstić information content (AvgIpc) is 2.80. The van der Waals surface area contributed by atoms with Crippen molar-refractivity contribution in [1.82, 2.24) is 0 Å². The zero-order chi connectivity index (χ0) is 7.94. The molecule has 1 nitrogen and oxygen atoms in total. The van der Waals surface area contributed by atoms with Crippen LogP contribution >= 0.6 is 0 Å². The van der Waals surface area contributed by atoms with Crippen LogP contribution in [0.5, 0.6) is 0 Å². The molecule has 1 aliphatic rings. The van der Waals surface area contributed by atoms with Crippen molar-refractivity contribution in [2.24, 2.45) is 5.92 Å². The van der Waals surface area contributed by atoms with Crippen LogP contribution in [-0.4, -0.2) is 13.2 Å². The first-order valence-corrected chi connectivity index (χ1v) is 4.66. The van der Waals surface area contributed by atoms with Crippen molar-refractivity contribution in [1.29, 1.82) is 0 Å². The molecule has 0 amide bonds. The molecular weight excluding hydrogens is 136 g/mol. The van der Waals surface area contributed by atoms with E-state index < -0.39 is 0 Å². The second-order valence-corrected chi connectivity index (χ2v) is 3.19. The van der Waals surface area contributed by atoms with E-state index in [4.69, 9.17) is 4.74 Å². The van der Waals surface area contributed by atoms with Crippen LogP contribution in [-0.2, 0) is 4.74 Å². The maximum absolute atomic E-state index is 5.45. The van der Waals surface area contributed by atoms with Crippen LogP contribution in [0.25, 0.3) is 0 Å². The zero-order valence-corrected chi connectivity index (χ0v) is 7.38. The normalized spacial score (nSPS) is 17.9. The van der Waals surface area contributed by atoms with E-state index in [0.717, 1.165) is 32.0 Å². The molecule has 0 atom stereocenters. The van der Waals surface area contributed by atoms with Gasteiger partial charge in [-0.1, -0.05) is 19.1 Å². The van der Waals surface area contributed by atoms with Crippen LogP contribution in [0.1, 0.15) is 32.6 Å². The van der Waals surface area contributed by atoms with Gasteiger partial charge in [0.15, 0.2) is 0 Å². The van der Waals surface area contributed by atoms with Gasteiger partial charge in [-0.2, -0.15) is 0 Å². The molecule has 0 bridgehead atoms. The van der Waals surface area contributed by atoms with Gasteiger partial charge in [-0.05, 0) is 31.6 Å². The summed E-state index contributed by atoms with van der Waals surface area (Å²) in [6, 6.07) is 0. The van der Waals surface area contributed by atoms with E-state index in [2.05, 4.69) is 19.1 Å². The van der Waals surface area contributed by atoms with Crippen LogP contribution < -0.4 is 0 Å². The maximum Gasteiger partial charge on any atom is 0.0500 e. The molecule has 0 radical (unpaired) electrons. The second-order valence-electron chi connectivity index (χ2n) is 3.19. The minimum absolute atomic E-state index is 0.908. The molecule has 0 unspecified atom stereocenters. The van der Waals surface area contributed by atoms with Crippen LogP contribution in [0, 0.1) is 5.92 Å². The Balaban J connectivity index is 1.76. The maximum atomic E-state index is 5.45. The van der Waals surface area contributed by atoms with Crippen molar-refractivity contribution < 1.29 is 4.74 Å². The van der Waals surface area contributed by atoms with E-state index in [0.29, 0.717) is 0 Å². The van der Waals surface area contributed by atoms with Gasteiger partial charge >= 0.3 is 0 Å². The molecule has 1 heteroatoms. The first kappa shape index (κ1) is 8.79. The predicted octanol–water partition coefficient (Wildman–Crippen LogP) is 2.77. The van der Waals surface area contributed by atoms with Gasteiger partial charge < -0.3 is 4.74 Å². The van der Waals surface area contributed by atoms with Gasteiger partial charge in [0.05, 0.1) is 6.61 Å². The van der Waals surface area contributed by atoms with Crippen molar-refractivity contribution in [2.45, 2.75) is 32.6 Å². The molecule has 0 spiro atoms. The third-order valence-electron chi connectivity index (χ3n) is 1.88. The number of hydrogen-bond acceptors (Lipinski definition) is 1. The quantitative estimate of drug-likeness (QED) is 0.422. The summed E-state index contributed by atoms with van der Waals surface area (Å²) < 4.78 is 5.45. The van der Waals surface area contributed by atoms with Crippen LogP contribution in [0.4, 0.5) is 0 Å². The van der Waals surface area contributed by atoms with E-state index in [-0.39, 0.29) is 0 Å². The summed E-state index contributed by atoms with van der Waals surface area (Å²) in [6.45, 7) is 4.06. The highest BCUT2D eigenvalue weighted by Crippen LogP contribution is 2.28. The highest BCUT2D eigenvalue weighted by Gasteiger charge is 2.20. The summed E-state index contributed by atoms with van der Waals surface area (Å²) in [5, 5.41) is 0. The summed E-state index contributed by atoms with van der Waals surface area (Å²) in [7, 11) is 0. The fraction of sp³-hybridized carbons (Fsp3) is 0.800. The molecule has 0 aromatic rings. The molecule has 0 aromatic heterocycles. The third-order valence-corrected chi connectivity index (χ3v) is 1.88. The number of rotatable bonds is 6. The monoisotopic (exact) mass is 154 g/mol. The van der Waals surface area contributed by atoms with Crippen molar-refractivity contribution in [3.8, 4) is 0 Å². The molecule has 0 saturated heterocycles. The Labute approximate surface area is 69.4 Å². The topological polar surface area (TPSA) is 9.23 Å². The fourth-order valence-electron chi connectivity index (χ4n) is 0.970. The van der Waals surface area contributed by atoms with Crippen LogP contribution in [0.3, 0.4) is 0 Å². The molecule has 0 N–H and O–H groups in total. The SMILES string of the molecule is CC/C=C/CCOCC1CC1. The summed E-state index contributed by atoms with van der Waals surface area (Å²) in [5.74, 6) is 0.908. The number of ether oxygens (including phenoxy) is 1. The summed E-state index contributed by atoms with van der Waals surface area (Å²) in [5.41, 5.74) is 0. The minimum atomic E-state index is 0.908. The highest BCUT2D eigenvalue weighted by atomic mass is 16.5. The van der Waals surface area contributed by atoms with E-state index in [1.165, 1.54) is 12.8 Å². The molecule has 11 heavy (non-hydrogen) atoms. The first-order valence-electron chi connectivity index (χ1n) is 4.66. The number of hydrogen-bond donors (Lipinski definition) is 0. The van der Waals surface area contributed by atoms with Crippen molar-refractivity contribution in [2.75, 3.05) is 13.2 Å². The molecule has 1 saturated carbocycles. The molecule has 64 valence electrons. The highest BCUT2D eigenvalue weighted by molar-refractivity contribution is 4.79. The third kappa shape index (κ3) is 5.02. The molecule has 1 rings (SSSR count). The van der Waals surface area contributed by atoms with Crippen molar-refractivity contribution >= 4 is 0 Å². The Morgan fingerprint density at radius 3 is 2.82 bits per heavy atom. The molecule has 0 heterocycles. The van der Waals surface area contributed by atoms with Gasteiger partial charge in [-0.3, -0.25) is 0 Å². The van der Waals surface area contributed by atoms with Crippen LogP contribution in [0.15, 0.2) is 12.2 Å². The Hall–Kier alpha value is -0.300. The summed E-state index contributed by atoms with van der Waals surface area (Å²) in [6.07, 6.45) is 9.41. The lowest BCUT2D eigenvalue weighted by atomic mass is 10.3. The molecule has 1 aliphatic carbocycles. The second kappa shape index (κ2) is 5.36. The minimum Gasteiger partial charge on any atom is -0.381 e. The molecule has 1 fully saturated rings. The van der Waals surface area contributed by atoms with Gasteiger partial charge in [0.25, 0.3) is 0 Å². The van der Waals surface area contributed by atoms with Crippen LogP contribution in [0.2, 0.25) is 0 Å². The lowest BCUT2D eigenvalue weighted by Gasteiger charge is -1.98. The van der Waals surface area contributed by atoms with E-state index >= 15 is 0 Å². The van der Waals surface area contributed by atoms with Gasteiger partial charge in [0, 0.05) is 6.61 Å². The van der Waals surface area contributed by atoms with Crippen molar-refractivity contribution in [3.63, 3.8) is 0 Å². The molecule has 0 aliphatic heterocycles. The lowest BCUT2D eigenvalue weighted by molar-refractivity contribution is 0.129. The van der Waals surface area contributed by atoms with E-state index in [1.54, 1.807) is 0 Å². The van der Waals surface area contributed by atoms with Gasteiger partial charge in [-0.25, -0.2) is 0 Å². The zero-order valence-electron chi connectivity index (χ0n) is 7.38. The van der Waals surface area contributed by atoms with Gasteiger partial charge in [-0.15, -0.1) is 0 Å². The summed E-state index contributed by atoms with van der Waals surface area (Å²) in [4.78, 5) is 0. The molecular formula is C10H18O. The average molecular weight is 154 g/mol. The fourth-order valence-corrected chi connectivity index (χ4v) is 0.970. The standard InChI is InChI=1S/C10H18O/c1-2-3-4-5-8-11-9-10-6-7-10/h3-4,10H,2,5-9H2,1H3/b4-3+. The summed E-state index contributed by atoms with van der Waals surface area (Å²) >= 11 is 0. The van der Waals surface area contributed by atoms with Crippen molar-refractivity contribution in [3.05, 3.63) is 12.2 Å². The smallest absolute Gasteiger partial charge is 0.0500 e. The van der Waals surface area contributed by atoms with E-state index in [9.17, 15) is 0 Å². The van der Waals surface area contributed by atoms with Gasteiger partial charge in [0.2, 0.25) is 0 Å². The Kier molecular flexibility index (Phi) is 4.29. The van der Waals surface area contributed by atoms with E-state index in [1.807, 2.05) is 0 Å². The van der Waals surface area contributed by atoms with Gasteiger partial charge in [0.1, 0.15) is 0 Å². The molecule has 0 aromatic carbocycles. The predicted molar refractivity (Wildman–Crippen MR) is 47.6 cm³/mol. The lowest BCUT2D eigenvalue weighted by Crippen LogP contribution is -1.96. The number of allylic oxidation sites excluding steroid dienone is 1. The Morgan fingerprint density at radius 1 is 1.36 bits per heavy atom. The Bertz CT molecular complexity index is 114. The largest absolute Gasteiger partial charge is 0.381 e. The first-order chi connectivity index (χ1) is 5.43.